The number of ether oxygens (including phenoxy) is 2. The highest BCUT2D eigenvalue weighted by Gasteiger charge is 2.27. The molecule has 0 saturated carbocycles. The van der Waals surface area contributed by atoms with Gasteiger partial charge in [-0.05, 0) is 46.1 Å². The van der Waals surface area contributed by atoms with Crippen LogP contribution in [0.5, 0.6) is 5.75 Å². The first-order valence-electron chi connectivity index (χ1n) is 12.4. The van der Waals surface area contributed by atoms with Gasteiger partial charge in [0.25, 0.3) is 0 Å². The molecule has 2 heterocycles. The number of nitrogens with one attached hydrogen (secondary N) is 2. The molecule has 13 heteroatoms. The van der Waals surface area contributed by atoms with Crippen molar-refractivity contribution in [3.63, 3.8) is 0 Å². The molecular formula is C26H34ClFN8O3. The van der Waals surface area contributed by atoms with Gasteiger partial charge in [0, 0.05) is 30.4 Å². The molecule has 0 bridgehead atoms. The molecule has 1 fully saturated rings. The zero-order chi connectivity index (χ0) is 28.3. The highest BCUT2D eigenvalue weighted by atomic mass is 35.5. The van der Waals surface area contributed by atoms with E-state index in [1.54, 1.807) is 27.0 Å². The number of anilines is 6. The average molecular weight is 561 g/mol. The summed E-state index contributed by atoms with van der Waals surface area (Å²) in [5.41, 5.74) is 7.80. The van der Waals surface area contributed by atoms with Crippen molar-refractivity contribution in [2.24, 2.45) is 0 Å². The summed E-state index contributed by atoms with van der Waals surface area (Å²) in [7, 11) is 5.63. The molecule has 0 radical (unpaired) electrons. The number of methoxy groups -OCH3 is 1. The first kappa shape index (κ1) is 28.6. The second-order valence-electron chi connectivity index (χ2n) is 10.0. The number of likely N-dealkylation sites (N-methyl/N-ethyl adjacent to an activating group) is 1. The molecule has 210 valence electrons. The van der Waals surface area contributed by atoms with E-state index in [2.05, 4.69) is 35.4 Å². The van der Waals surface area contributed by atoms with Crippen molar-refractivity contribution < 1.29 is 19.0 Å². The number of halogens is 2. The van der Waals surface area contributed by atoms with Crippen molar-refractivity contribution in [2.45, 2.75) is 25.5 Å². The quantitative estimate of drug-likeness (QED) is 0.285. The van der Waals surface area contributed by atoms with E-state index < -0.39 is 11.4 Å². The molecular weight excluding hydrogens is 527 g/mol. The SMILES string of the molecule is COc1cc(N2CCOC[C@@H]2CN(C)C)c(N)cc1Nc1ncnc(Nc2cc(Cl)c(F)cc2C(C)(C)O)n1. The summed E-state index contributed by atoms with van der Waals surface area (Å²) in [6.45, 7) is 5.83. The van der Waals surface area contributed by atoms with Crippen LogP contribution in [0.1, 0.15) is 19.4 Å². The number of nitrogens with zero attached hydrogens (tertiary/aromatic N) is 5. The molecule has 0 amide bonds. The maximum Gasteiger partial charge on any atom is 0.232 e. The Balaban J connectivity index is 1.60. The molecule has 1 aliphatic rings. The third-order valence-electron chi connectivity index (χ3n) is 6.25. The van der Waals surface area contributed by atoms with Crippen LogP contribution in [0.25, 0.3) is 0 Å². The molecule has 0 aliphatic carbocycles. The minimum Gasteiger partial charge on any atom is -0.494 e. The number of rotatable bonds is 9. The maximum absolute atomic E-state index is 14.1. The fraction of sp³-hybridized carbons (Fsp3) is 0.423. The van der Waals surface area contributed by atoms with Crippen LogP contribution in [0.4, 0.5) is 39.0 Å². The smallest absolute Gasteiger partial charge is 0.232 e. The maximum atomic E-state index is 14.1. The van der Waals surface area contributed by atoms with Crippen LogP contribution >= 0.6 is 11.6 Å². The lowest BCUT2D eigenvalue weighted by Gasteiger charge is -2.39. The standard InChI is InChI=1S/C26H34ClFN8O3/c1-26(2,37)16-8-18(28)17(27)9-20(16)32-24-30-14-31-25(34-24)33-21-10-19(29)22(11-23(21)38-5)36-6-7-39-13-15(36)12-35(3)4/h8-11,14-15,37H,6-7,12-13,29H2,1-5H3,(H2,30,31,32,33,34)/t15-/m0/s1. The van der Waals surface area contributed by atoms with Gasteiger partial charge in [0.05, 0.1) is 54.1 Å². The van der Waals surface area contributed by atoms with E-state index >= 15 is 0 Å². The van der Waals surface area contributed by atoms with Crippen molar-refractivity contribution in [3.8, 4) is 5.75 Å². The van der Waals surface area contributed by atoms with Gasteiger partial charge in [-0.15, -0.1) is 0 Å². The van der Waals surface area contributed by atoms with E-state index in [0.717, 1.165) is 12.2 Å². The van der Waals surface area contributed by atoms with E-state index in [9.17, 15) is 9.50 Å². The minimum atomic E-state index is -1.35. The number of benzene rings is 2. The van der Waals surface area contributed by atoms with E-state index in [1.807, 2.05) is 20.2 Å². The molecule has 1 aliphatic heterocycles. The minimum absolute atomic E-state index is 0.105. The van der Waals surface area contributed by atoms with Crippen LogP contribution in [0.2, 0.25) is 5.02 Å². The predicted octanol–water partition coefficient (Wildman–Crippen LogP) is 3.74. The van der Waals surface area contributed by atoms with Gasteiger partial charge in [0.1, 0.15) is 17.9 Å². The summed E-state index contributed by atoms with van der Waals surface area (Å²) in [6.07, 6.45) is 1.32. The summed E-state index contributed by atoms with van der Waals surface area (Å²) in [5.74, 6) is 0.284. The van der Waals surface area contributed by atoms with Gasteiger partial charge in [-0.25, -0.2) is 14.4 Å². The first-order chi connectivity index (χ1) is 18.5. The van der Waals surface area contributed by atoms with Gasteiger partial charge >= 0.3 is 0 Å². The normalized spacial score (nSPS) is 15.9. The molecule has 1 aromatic heterocycles. The van der Waals surface area contributed by atoms with Gasteiger partial charge in [0.15, 0.2) is 0 Å². The molecule has 0 unspecified atom stereocenters. The average Bonchev–Trinajstić information content (AvgIpc) is 2.86. The number of hydrogen-bond donors (Lipinski definition) is 4. The Hall–Kier alpha value is -3.45. The second-order valence-corrected chi connectivity index (χ2v) is 10.5. The first-order valence-corrected chi connectivity index (χ1v) is 12.8. The lowest BCUT2D eigenvalue weighted by molar-refractivity contribution is 0.0790. The topological polar surface area (TPSA) is 134 Å². The third-order valence-corrected chi connectivity index (χ3v) is 6.54. The monoisotopic (exact) mass is 560 g/mol. The largest absolute Gasteiger partial charge is 0.494 e. The van der Waals surface area contributed by atoms with Gasteiger partial charge in [-0.1, -0.05) is 11.6 Å². The lowest BCUT2D eigenvalue weighted by Crippen LogP contribution is -2.50. The molecule has 0 spiro atoms. The number of nitrogens with two attached hydrogens (primary N) is 1. The van der Waals surface area contributed by atoms with Crippen molar-refractivity contribution in [2.75, 3.05) is 68.8 Å². The molecule has 5 N–H and O–H groups in total. The zero-order valence-corrected chi connectivity index (χ0v) is 23.4. The highest BCUT2D eigenvalue weighted by molar-refractivity contribution is 6.31. The molecule has 39 heavy (non-hydrogen) atoms. The van der Waals surface area contributed by atoms with Crippen LogP contribution in [0.3, 0.4) is 0 Å². The van der Waals surface area contributed by atoms with E-state index in [0.29, 0.717) is 48.1 Å². The molecule has 4 rings (SSSR count). The molecule has 11 nitrogen and oxygen atoms in total. The number of aliphatic hydroxyl groups is 1. The van der Waals surface area contributed by atoms with Crippen LogP contribution in [0, 0.1) is 5.82 Å². The summed E-state index contributed by atoms with van der Waals surface area (Å²) in [5, 5.41) is 16.5. The van der Waals surface area contributed by atoms with E-state index in [4.69, 9.17) is 26.8 Å². The Morgan fingerprint density at radius 1 is 1.21 bits per heavy atom. The van der Waals surface area contributed by atoms with Crippen molar-refractivity contribution in [1.82, 2.24) is 19.9 Å². The Morgan fingerprint density at radius 2 is 1.90 bits per heavy atom. The molecule has 3 aromatic rings. The number of nitrogen functional groups attached to an aromatic ring is 1. The van der Waals surface area contributed by atoms with Crippen LogP contribution in [-0.4, -0.2) is 78.5 Å². The second kappa shape index (κ2) is 11.7. The van der Waals surface area contributed by atoms with Gasteiger partial charge in [0.2, 0.25) is 11.9 Å². The van der Waals surface area contributed by atoms with Gasteiger partial charge < -0.3 is 40.7 Å². The van der Waals surface area contributed by atoms with Crippen molar-refractivity contribution in [1.29, 1.82) is 0 Å². The van der Waals surface area contributed by atoms with Crippen LogP contribution in [-0.2, 0) is 10.3 Å². The zero-order valence-electron chi connectivity index (χ0n) is 22.6. The Labute approximate surface area is 232 Å². The van der Waals surface area contributed by atoms with Crippen molar-refractivity contribution >= 4 is 46.2 Å². The molecule has 1 atom stereocenters. The Bertz CT molecular complexity index is 1320. The van der Waals surface area contributed by atoms with Gasteiger partial charge in [-0.3, -0.25) is 0 Å². The molecule has 2 aromatic carbocycles. The fourth-order valence-electron chi connectivity index (χ4n) is 4.46. The van der Waals surface area contributed by atoms with Gasteiger partial charge in [-0.2, -0.15) is 4.98 Å². The summed E-state index contributed by atoms with van der Waals surface area (Å²) in [6, 6.07) is 6.36. The third kappa shape index (κ3) is 6.77. The number of hydrogen-bond acceptors (Lipinski definition) is 11. The van der Waals surface area contributed by atoms with Crippen LogP contribution < -0.4 is 26.0 Å². The highest BCUT2D eigenvalue weighted by Crippen LogP contribution is 2.38. The summed E-state index contributed by atoms with van der Waals surface area (Å²) >= 11 is 5.99. The molecule has 1 saturated heterocycles. The van der Waals surface area contributed by atoms with Crippen molar-refractivity contribution in [3.05, 3.63) is 47.0 Å². The van der Waals surface area contributed by atoms with E-state index in [1.165, 1.54) is 18.5 Å². The summed E-state index contributed by atoms with van der Waals surface area (Å²) < 4.78 is 25.5. The Kier molecular flexibility index (Phi) is 8.60. The predicted molar refractivity (Wildman–Crippen MR) is 151 cm³/mol. The van der Waals surface area contributed by atoms with Crippen LogP contribution in [0.15, 0.2) is 30.6 Å². The fourth-order valence-corrected chi connectivity index (χ4v) is 4.62. The lowest BCUT2D eigenvalue weighted by atomic mass is 9.96. The number of aromatic nitrogens is 3. The summed E-state index contributed by atoms with van der Waals surface area (Å²) in [4.78, 5) is 17.1. The Morgan fingerprint density at radius 3 is 2.54 bits per heavy atom. The number of morpholine rings is 1. The van der Waals surface area contributed by atoms with E-state index in [-0.39, 0.29) is 23.0 Å².